The molecule has 23 heavy (non-hydrogen) atoms. The van der Waals surface area contributed by atoms with Crippen LogP contribution in [0.4, 0.5) is 5.69 Å². The number of sulfone groups is 1. The van der Waals surface area contributed by atoms with Gasteiger partial charge in [0.25, 0.3) is 0 Å². The van der Waals surface area contributed by atoms with E-state index in [0.717, 1.165) is 37.1 Å². The number of nitrogens with one attached hydrogen (secondary N) is 1. The SMILES string of the molecule is CC(C)S(=O)(=O)Cc1cccc(NC2CCN(C3CC3)C2=O)c1. The molecule has 0 spiro atoms. The molecule has 0 aromatic heterocycles. The second kappa shape index (κ2) is 6.15. The summed E-state index contributed by atoms with van der Waals surface area (Å²) in [5.74, 6) is 0.209. The molecule has 1 atom stereocenters. The first kappa shape index (κ1) is 16.3. The molecular weight excluding hydrogens is 312 g/mol. The maximum absolute atomic E-state index is 12.4. The fourth-order valence-electron chi connectivity index (χ4n) is 2.94. The van der Waals surface area contributed by atoms with Crippen LogP contribution in [-0.4, -0.2) is 43.1 Å². The highest BCUT2D eigenvalue weighted by Crippen LogP contribution is 2.31. The predicted octanol–water partition coefficient (Wildman–Crippen LogP) is 2.19. The van der Waals surface area contributed by atoms with E-state index in [1.807, 2.05) is 29.2 Å². The van der Waals surface area contributed by atoms with Crippen LogP contribution in [0.15, 0.2) is 24.3 Å². The van der Waals surface area contributed by atoms with Gasteiger partial charge in [-0.15, -0.1) is 0 Å². The molecule has 1 amide bonds. The topological polar surface area (TPSA) is 66.5 Å². The molecule has 126 valence electrons. The Hall–Kier alpha value is -1.56. The van der Waals surface area contributed by atoms with E-state index >= 15 is 0 Å². The molecule has 1 N–H and O–H groups in total. The number of carbonyl (C=O) groups excluding carboxylic acids is 1. The Morgan fingerprint density at radius 1 is 1.26 bits per heavy atom. The summed E-state index contributed by atoms with van der Waals surface area (Å²) in [5.41, 5.74) is 1.57. The van der Waals surface area contributed by atoms with Gasteiger partial charge in [0.2, 0.25) is 5.91 Å². The van der Waals surface area contributed by atoms with Gasteiger partial charge < -0.3 is 10.2 Å². The molecule has 2 fully saturated rings. The molecule has 5 nitrogen and oxygen atoms in total. The maximum Gasteiger partial charge on any atom is 0.245 e. The van der Waals surface area contributed by atoms with Gasteiger partial charge in [0.15, 0.2) is 9.84 Å². The van der Waals surface area contributed by atoms with Crippen LogP contribution in [0, 0.1) is 0 Å². The van der Waals surface area contributed by atoms with Gasteiger partial charge in [0.1, 0.15) is 6.04 Å². The van der Waals surface area contributed by atoms with E-state index in [2.05, 4.69) is 5.32 Å². The van der Waals surface area contributed by atoms with Crippen LogP contribution in [0.5, 0.6) is 0 Å². The Balaban J connectivity index is 1.67. The molecule has 1 unspecified atom stereocenters. The van der Waals surface area contributed by atoms with Crippen molar-refractivity contribution in [2.24, 2.45) is 0 Å². The summed E-state index contributed by atoms with van der Waals surface area (Å²) in [6.45, 7) is 4.21. The number of anilines is 1. The van der Waals surface area contributed by atoms with Crippen molar-refractivity contribution >= 4 is 21.4 Å². The number of hydrogen-bond donors (Lipinski definition) is 1. The van der Waals surface area contributed by atoms with Crippen LogP contribution in [-0.2, 0) is 20.4 Å². The molecule has 1 aliphatic carbocycles. The number of amides is 1. The number of nitrogens with zero attached hydrogens (tertiary/aromatic N) is 1. The lowest BCUT2D eigenvalue weighted by Crippen LogP contribution is -2.34. The van der Waals surface area contributed by atoms with Crippen molar-refractivity contribution in [1.29, 1.82) is 0 Å². The van der Waals surface area contributed by atoms with Gasteiger partial charge >= 0.3 is 0 Å². The van der Waals surface area contributed by atoms with Gasteiger partial charge in [-0.3, -0.25) is 4.79 Å². The van der Waals surface area contributed by atoms with Crippen LogP contribution < -0.4 is 5.32 Å². The fourth-order valence-corrected chi connectivity index (χ4v) is 3.91. The molecule has 1 aromatic carbocycles. The van der Waals surface area contributed by atoms with Crippen LogP contribution in [0.1, 0.15) is 38.7 Å². The zero-order valence-electron chi connectivity index (χ0n) is 13.7. The minimum absolute atomic E-state index is 0.0347. The van der Waals surface area contributed by atoms with Gasteiger partial charge in [-0.1, -0.05) is 12.1 Å². The Bertz CT molecular complexity index is 696. The van der Waals surface area contributed by atoms with Crippen LogP contribution >= 0.6 is 0 Å². The number of likely N-dealkylation sites (tertiary alicyclic amines) is 1. The van der Waals surface area contributed by atoms with E-state index in [-0.39, 0.29) is 23.0 Å². The third kappa shape index (κ3) is 3.68. The van der Waals surface area contributed by atoms with Gasteiger partial charge in [-0.25, -0.2) is 8.42 Å². The number of hydrogen-bond acceptors (Lipinski definition) is 4. The van der Waals surface area contributed by atoms with Gasteiger partial charge in [-0.2, -0.15) is 0 Å². The minimum Gasteiger partial charge on any atom is -0.374 e. The first-order chi connectivity index (χ1) is 10.9. The average molecular weight is 336 g/mol. The molecule has 1 saturated carbocycles. The summed E-state index contributed by atoms with van der Waals surface area (Å²) >= 11 is 0. The summed E-state index contributed by atoms with van der Waals surface area (Å²) < 4.78 is 24.1. The zero-order valence-corrected chi connectivity index (χ0v) is 14.5. The third-order valence-electron chi connectivity index (χ3n) is 4.58. The van der Waals surface area contributed by atoms with E-state index in [1.54, 1.807) is 13.8 Å². The Morgan fingerprint density at radius 2 is 2.00 bits per heavy atom. The van der Waals surface area contributed by atoms with Crippen LogP contribution in [0.25, 0.3) is 0 Å². The molecule has 1 aliphatic heterocycles. The van der Waals surface area contributed by atoms with E-state index in [4.69, 9.17) is 0 Å². The quantitative estimate of drug-likeness (QED) is 0.865. The van der Waals surface area contributed by atoms with Crippen molar-refractivity contribution in [3.63, 3.8) is 0 Å². The van der Waals surface area contributed by atoms with E-state index in [1.165, 1.54) is 0 Å². The second-order valence-electron chi connectivity index (χ2n) is 6.80. The van der Waals surface area contributed by atoms with Crippen molar-refractivity contribution < 1.29 is 13.2 Å². The van der Waals surface area contributed by atoms with Crippen LogP contribution in [0.3, 0.4) is 0 Å². The third-order valence-corrected chi connectivity index (χ3v) is 6.75. The van der Waals surface area contributed by atoms with E-state index < -0.39 is 9.84 Å². The van der Waals surface area contributed by atoms with Gasteiger partial charge in [0.05, 0.1) is 11.0 Å². The zero-order chi connectivity index (χ0) is 16.6. The lowest BCUT2D eigenvalue weighted by molar-refractivity contribution is -0.128. The van der Waals surface area contributed by atoms with E-state index in [9.17, 15) is 13.2 Å². The van der Waals surface area contributed by atoms with Crippen LogP contribution in [0.2, 0.25) is 0 Å². The second-order valence-corrected chi connectivity index (χ2v) is 9.36. The molecule has 1 heterocycles. The fraction of sp³-hybridized carbons (Fsp3) is 0.588. The standard InChI is InChI=1S/C17H24N2O3S/c1-12(2)23(21,22)11-13-4-3-5-14(10-13)18-16-8-9-19(17(16)20)15-6-7-15/h3-5,10,12,15-16,18H,6-9,11H2,1-2H3. The highest BCUT2D eigenvalue weighted by atomic mass is 32.2. The molecule has 0 radical (unpaired) electrons. The summed E-state index contributed by atoms with van der Waals surface area (Å²) in [5, 5.41) is 2.89. The Labute approximate surface area is 138 Å². The van der Waals surface area contributed by atoms with Crippen molar-refractivity contribution in [2.75, 3.05) is 11.9 Å². The Kier molecular flexibility index (Phi) is 4.36. The van der Waals surface area contributed by atoms with Crippen molar-refractivity contribution in [3.8, 4) is 0 Å². The molecule has 1 aromatic rings. The number of carbonyl (C=O) groups is 1. The van der Waals surface area contributed by atoms with Crippen molar-refractivity contribution in [1.82, 2.24) is 4.90 Å². The summed E-state index contributed by atoms with van der Waals surface area (Å²) in [6, 6.07) is 7.65. The minimum atomic E-state index is -3.12. The predicted molar refractivity (Wildman–Crippen MR) is 91.0 cm³/mol. The van der Waals surface area contributed by atoms with Crippen molar-refractivity contribution in [2.45, 2.75) is 56.2 Å². The lowest BCUT2D eigenvalue weighted by atomic mass is 10.2. The first-order valence-electron chi connectivity index (χ1n) is 8.24. The lowest BCUT2D eigenvalue weighted by Gasteiger charge is -2.17. The van der Waals surface area contributed by atoms with Gasteiger partial charge in [-0.05, 0) is 50.8 Å². The molecule has 2 aliphatic rings. The monoisotopic (exact) mass is 336 g/mol. The highest BCUT2D eigenvalue weighted by molar-refractivity contribution is 7.91. The largest absolute Gasteiger partial charge is 0.374 e. The first-order valence-corrected chi connectivity index (χ1v) is 9.96. The molecule has 3 rings (SSSR count). The number of rotatable bonds is 6. The smallest absolute Gasteiger partial charge is 0.245 e. The Morgan fingerprint density at radius 3 is 2.65 bits per heavy atom. The molecular formula is C17H24N2O3S. The van der Waals surface area contributed by atoms with E-state index in [0.29, 0.717) is 6.04 Å². The molecule has 1 saturated heterocycles. The molecule has 6 heteroatoms. The highest BCUT2D eigenvalue weighted by Gasteiger charge is 2.40. The van der Waals surface area contributed by atoms with Gasteiger partial charge in [0, 0.05) is 18.3 Å². The number of benzene rings is 1. The average Bonchev–Trinajstić information content (AvgIpc) is 3.25. The summed E-state index contributed by atoms with van der Waals surface area (Å²) in [6.07, 6.45) is 3.06. The van der Waals surface area contributed by atoms with Crippen molar-refractivity contribution in [3.05, 3.63) is 29.8 Å². The summed E-state index contributed by atoms with van der Waals surface area (Å²) in [4.78, 5) is 14.3. The summed E-state index contributed by atoms with van der Waals surface area (Å²) in [7, 11) is -3.12. The normalized spacial score (nSPS) is 22.0. The maximum atomic E-state index is 12.4. The molecule has 0 bridgehead atoms.